The second-order valence-electron chi connectivity index (χ2n) is 5.66. The van der Waals surface area contributed by atoms with Crippen LogP contribution in [0.3, 0.4) is 0 Å². The van der Waals surface area contributed by atoms with Crippen molar-refractivity contribution in [1.29, 1.82) is 0 Å². The van der Waals surface area contributed by atoms with Gasteiger partial charge in [0.1, 0.15) is 5.54 Å². The number of aryl methyl sites for hydroxylation is 1. The maximum absolute atomic E-state index is 11.9. The molecule has 8 nitrogen and oxygen atoms in total. The Balaban J connectivity index is 2.24. The van der Waals surface area contributed by atoms with Crippen LogP contribution in [0.4, 0.5) is 0 Å². The first kappa shape index (κ1) is 16.5. The lowest BCUT2D eigenvalue weighted by Crippen LogP contribution is -2.50. The smallest absolute Gasteiger partial charge is 0.328 e. The molecule has 3 N–H and O–H groups in total. The van der Waals surface area contributed by atoms with E-state index in [1.54, 1.807) is 24.3 Å². The summed E-state index contributed by atoms with van der Waals surface area (Å²) < 4.78 is 1.28. The number of carboxylic acid groups (broad SMARTS) is 1. The lowest BCUT2D eigenvalue weighted by atomic mass is 10.1. The van der Waals surface area contributed by atoms with Crippen molar-refractivity contribution in [2.75, 3.05) is 0 Å². The molecular formula is C15H17N3O5. The fraction of sp³-hybridized carbons (Fsp3) is 0.333. The number of carbonyl (C=O) groups is 2. The van der Waals surface area contributed by atoms with E-state index in [1.165, 1.54) is 18.4 Å². The van der Waals surface area contributed by atoms with Gasteiger partial charge in [-0.1, -0.05) is 12.1 Å². The molecule has 122 valence electrons. The maximum atomic E-state index is 11.9. The van der Waals surface area contributed by atoms with Crippen LogP contribution < -0.4 is 16.6 Å². The van der Waals surface area contributed by atoms with E-state index in [0.717, 1.165) is 0 Å². The number of hydrogen-bond donors (Lipinski definition) is 3. The molecule has 0 spiro atoms. The molecule has 1 aromatic heterocycles. The number of fused-ring (bicyclic) bond motifs is 1. The summed E-state index contributed by atoms with van der Waals surface area (Å²) in [4.78, 5) is 48.8. The Morgan fingerprint density at radius 3 is 2.57 bits per heavy atom. The first-order chi connectivity index (χ1) is 10.7. The van der Waals surface area contributed by atoms with Crippen LogP contribution >= 0.6 is 0 Å². The minimum absolute atomic E-state index is 0.0255. The molecule has 1 heterocycles. The van der Waals surface area contributed by atoms with Gasteiger partial charge in [-0.2, -0.15) is 0 Å². The number of hydrogen-bond acceptors (Lipinski definition) is 4. The Morgan fingerprint density at radius 2 is 1.91 bits per heavy atom. The molecule has 0 aliphatic heterocycles. The van der Waals surface area contributed by atoms with Gasteiger partial charge in [0.05, 0.1) is 10.9 Å². The normalized spacial score (nSPS) is 11.4. The average molecular weight is 319 g/mol. The molecule has 0 fully saturated rings. The Labute approximate surface area is 130 Å². The van der Waals surface area contributed by atoms with Gasteiger partial charge in [-0.3, -0.25) is 19.1 Å². The van der Waals surface area contributed by atoms with E-state index in [-0.39, 0.29) is 13.0 Å². The van der Waals surface area contributed by atoms with E-state index in [2.05, 4.69) is 10.3 Å². The zero-order valence-electron chi connectivity index (χ0n) is 12.8. The highest BCUT2D eigenvalue weighted by Crippen LogP contribution is 2.08. The van der Waals surface area contributed by atoms with Crippen LogP contribution in [-0.2, 0) is 16.1 Å². The van der Waals surface area contributed by atoms with Crippen molar-refractivity contribution in [2.24, 2.45) is 0 Å². The van der Waals surface area contributed by atoms with Crippen LogP contribution in [0.2, 0.25) is 0 Å². The van der Waals surface area contributed by atoms with Gasteiger partial charge in [0.2, 0.25) is 5.91 Å². The van der Waals surface area contributed by atoms with Gasteiger partial charge in [0.25, 0.3) is 5.56 Å². The summed E-state index contributed by atoms with van der Waals surface area (Å²) in [6.07, 6.45) is -0.0906. The second kappa shape index (κ2) is 6.07. The molecule has 0 saturated carbocycles. The summed E-state index contributed by atoms with van der Waals surface area (Å²) in [5.41, 5.74) is -2.07. The zero-order chi connectivity index (χ0) is 17.2. The van der Waals surface area contributed by atoms with Crippen LogP contribution in [0, 0.1) is 0 Å². The monoisotopic (exact) mass is 319 g/mol. The quantitative estimate of drug-likeness (QED) is 0.719. The molecule has 2 aromatic rings. The molecule has 0 aliphatic carbocycles. The minimum Gasteiger partial charge on any atom is -0.480 e. The van der Waals surface area contributed by atoms with Crippen molar-refractivity contribution in [3.8, 4) is 0 Å². The first-order valence-electron chi connectivity index (χ1n) is 6.98. The van der Waals surface area contributed by atoms with Crippen LogP contribution in [0.5, 0.6) is 0 Å². The molecule has 0 atom stereocenters. The van der Waals surface area contributed by atoms with E-state index in [0.29, 0.717) is 10.9 Å². The number of carboxylic acids is 1. The Kier molecular flexibility index (Phi) is 4.35. The van der Waals surface area contributed by atoms with E-state index in [4.69, 9.17) is 5.11 Å². The molecular weight excluding hydrogens is 302 g/mol. The summed E-state index contributed by atoms with van der Waals surface area (Å²) in [6.45, 7) is 2.77. The van der Waals surface area contributed by atoms with Gasteiger partial charge in [-0.05, 0) is 26.0 Å². The Hall–Kier alpha value is -2.90. The standard InChI is InChI=1S/C15H17N3O5/c1-15(2,13(21)22)17-11(19)7-8-18-10-6-4-3-5-9(10)12(20)16-14(18)23/h3-6H,7-8H2,1-2H3,(H,17,19)(H,21,22)(H,16,20,23). The predicted octanol–water partition coefficient (Wildman–Crippen LogP) is 0.0593. The molecule has 1 aromatic carbocycles. The number of nitrogens with one attached hydrogen (secondary N) is 2. The summed E-state index contributed by atoms with van der Waals surface area (Å²) in [5, 5.41) is 11.7. The van der Waals surface area contributed by atoms with Crippen LogP contribution in [0.15, 0.2) is 33.9 Å². The summed E-state index contributed by atoms with van der Waals surface area (Å²) >= 11 is 0. The molecule has 0 bridgehead atoms. The van der Waals surface area contributed by atoms with Gasteiger partial charge >= 0.3 is 11.7 Å². The van der Waals surface area contributed by atoms with Gasteiger partial charge in [0.15, 0.2) is 0 Å². The predicted molar refractivity (Wildman–Crippen MR) is 83.3 cm³/mol. The zero-order valence-corrected chi connectivity index (χ0v) is 12.8. The third-order valence-electron chi connectivity index (χ3n) is 3.45. The fourth-order valence-corrected chi connectivity index (χ4v) is 2.14. The highest BCUT2D eigenvalue weighted by molar-refractivity contribution is 5.86. The van der Waals surface area contributed by atoms with Gasteiger partial charge in [-0.15, -0.1) is 0 Å². The SMILES string of the molecule is CC(C)(NC(=O)CCn1c(=O)[nH]c(=O)c2ccccc21)C(=O)O. The largest absolute Gasteiger partial charge is 0.480 e. The molecule has 8 heteroatoms. The highest BCUT2D eigenvalue weighted by atomic mass is 16.4. The third-order valence-corrected chi connectivity index (χ3v) is 3.45. The summed E-state index contributed by atoms with van der Waals surface area (Å²) in [5.74, 6) is -1.66. The third kappa shape index (κ3) is 3.47. The molecule has 0 radical (unpaired) electrons. The minimum atomic E-state index is -1.39. The van der Waals surface area contributed by atoms with Crippen molar-refractivity contribution in [3.63, 3.8) is 0 Å². The second-order valence-corrected chi connectivity index (χ2v) is 5.66. The fourth-order valence-electron chi connectivity index (χ4n) is 2.14. The summed E-state index contributed by atoms with van der Waals surface area (Å²) in [6, 6.07) is 6.56. The van der Waals surface area contributed by atoms with Crippen molar-refractivity contribution in [3.05, 3.63) is 45.1 Å². The molecule has 0 aliphatic rings. The molecule has 1 amide bonds. The molecule has 0 unspecified atom stereocenters. The number of rotatable bonds is 5. The molecule has 23 heavy (non-hydrogen) atoms. The van der Waals surface area contributed by atoms with Crippen molar-refractivity contribution >= 4 is 22.8 Å². The molecule has 0 saturated heterocycles. The lowest BCUT2D eigenvalue weighted by Gasteiger charge is -2.21. The number of aromatic amines is 1. The first-order valence-corrected chi connectivity index (χ1v) is 6.98. The number of amides is 1. The number of carbonyl (C=O) groups excluding carboxylic acids is 1. The van der Waals surface area contributed by atoms with E-state index in [9.17, 15) is 19.2 Å². The van der Waals surface area contributed by atoms with E-state index < -0.39 is 28.7 Å². The number of aromatic nitrogens is 2. The van der Waals surface area contributed by atoms with Crippen LogP contribution in [0.25, 0.3) is 10.9 Å². The lowest BCUT2D eigenvalue weighted by molar-refractivity contribution is -0.146. The van der Waals surface area contributed by atoms with Crippen molar-refractivity contribution in [2.45, 2.75) is 32.4 Å². The number of benzene rings is 1. The van der Waals surface area contributed by atoms with Crippen LogP contribution in [0.1, 0.15) is 20.3 Å². The van der Waals surface area contributed by atoms with Gasteiger partial charge in [0, 0.05) is 13.0 Å². The highest BCUT2D eigenvalue weighted by Gasteiger charge is 2.28. The number of para-hydroxylation sites is 1. The van der Waals surface area contributed by atoms with Gasteiger partial charge in [-0.25, -0.2) is 9.59 Å². The molecule has 2 rings (SSSR count). The van der Waals surface area contributed by atoms with E-state index >= 15 is 0 Å². The van der Waals surface area contributed by atoms with Gasteiger partial charge < -0.3 is 10.4 Å². The topological polar surface area (TPSA) is 121 Å². The average Bonchev–Trinajstić information content (AvgIpc) is 2.46. The van der Waals surface area contributed by atoms with Crippen molar-refractivity contribution in [1.82, 2.24) is 14.9 Å². The number of H-pyrrole nitrogens is 1. The number of aliphatic carboxylic acids is 1. The van der Waals surface area contributed by atoms with Crippen molar-refractivity contribution < 1.29 is 14.7 Å². The Bertz CT molecular complexity index is 879. The van der Waals surface area contributed by atoms with Crippen LogP contribution in [-0.4, -0.2) is 32.1 Å². The Morgan fingerprint density at radius 1 is 1.26 bits per heavy atom. The maximum Gasteiger partial charge on any atom is 0.328 e. The van der Waals surface area contributed by atoms with E-state index in [1.807, 2.05) is 0 Å². The number of nitrogens with zero attached hydrogens (tertiary/aromatic N) is 1. The summed E-state index contributed by atoms with van der Waals surface area (Å²) in [7, 11) is 0.